The summed E-state index contributed by atoms with van der Waals surface area (Å²) in [7, 11) is 0. The van der Waals surface area contributed by atoms with Crippen molar-refractivity contribution in [3.63, 3.8) is 0 Å². The van der Waals surface area contributed by atoms with E-state index in [1.165, 1.54) is 11.3 Å². The van der Waals surface area contributed by atoms with Gasteiger partial charge >= 0.3 is 0 Å². The minimum absolute atomic E-state index is 0.234. The number of benzene rings is 1. The topological polar surface area (TPSA) is 43.1 Å². The molecule has 0 saturated heterocycles. The maximum Gasteiger partial charge on any atom is 0.234 e. The Bertz CT molecular complexity index is 646. The maximum absolute atomic E-state index is 6.40. The van der Waals surface area contributed by atoms with Crippen molar-refractivity contribution in [2.75, 3.05) is 0 Å². The van der Waals surface area contributed by atoms with Crippen molar-refractivity contribution >= 4 is 27.9 Å². The van der Waals surface area contributed by atoms with Crippen molar-refractivity contribution in [2.45, 2.75) is 12.3 Å². The highest BCUT2D eigenvalue weighted by atomic mass is 35.5. The molecule has 4 nitrogen and oxygen atoms in total. The Balaban J connectivity index is 2.04. The monoisotopic (exact) mass is 264 g/mol. The third kappa shape index (κ3) is 1.81. The van der Waals surface area contributed by atoms with E-state index in [4.69, 9.17) is 11.6 Å². The lowest BCUT2D eigenvalue weighted by atomic mass is 10.1. The molecule has 0 spiro atoms. The van der Waals surface area contributed by atoms with Crippen LogP contribution in [-0.4, -0.2) is 19.8 Å². The van der Waals surface area contributed by atoms with Crippen LogP contribution in [0.4, 0.5) is 0 Å². The third-order valence-electron chi connectivity index (χ3n) is 2.47. The number of fused-ring (bicyclic) bond motifs is 1. The molecular formula is C11H9ClN4S. The van der Waals surface area contributed by atoms with Crippen molar-refractivity contribution in [1.82, 2.24) is 19.8 Å². The molecule has 0 bridgehead atoms. The zero-order chi connectivity index (χ0) is 11.8. The number of halogens is 1. The Hall–Kier alpha value is -1.46. The molecule has 0 fully saturated rings. The number of alkyl halides is 1. The number of hydrogen-bond acceptors (Lipinski definition) is 4. The largest absolute Gasteiger partial charge is 0.234 e. The van der Waals surface area contributed by atoms with Gasteiger partial charge in [-0.3, -0.25) is 0 Å². The minimum atomic E-state index is -0.234. The Morgan fingerprint density at radius 1 is 1.24 bits per heavy atom. The Morgan fingerprint density at radius 2 is 2.00 bits per heavy atom. The minimum Gasteiger partial charge on any atom is -0.187 e. The number of nitrogens with zero attached hydrogens (tertiary/aromatic N) is 4. The first-order valence-electron chi connectivity index (χ1n) is 5.13. The molecule has 2 aromatic heterocycles. The molecule has 0 aliphatic heterocycles. The van der Waals surface area contributed by atoms with Crippen LogP contribution < -0.4 is 0 Å². The normalized spacial score (nSPS) is 13.1. The predicted molar refractivity (Wildman–Crippen MR) is 67.5 cm³/mol. The molecule has 1 atom stereocenters. The van der Waals surface area contributed by atoms with Crippen molar-refractivity contribution in [2.24, 2.45) is 0 Å². The highest BCUT2D eigenvalue weighted by molar-refractivity contribution is 7.17. The van der Waals surface area contributed by atoms with Crippen LogP contribution in [0.1, 0.15) is 21.8 Å². The van der Waals surface area contributed by atoms with Crippen molar-refractivity contribution in [1.29, 1.82) is 0 Å². The van der Waals surface area contributed by atoms with E-state index in [1.807, 2.05) is 37.3 Å². The molecule has 86 valence electrons. The first-order valence-corrected chi connectivity index (χ1v) is 6.39. The van der Waals surface area contributed by atoms with Crippen LogP contribution >= 0.6 is 22.9 Å². The van der Waals surface area contributed by atoms with Crippen LogP contribution in [0.3, 0.4) is 0 Å². The second-order valence-corrected chi connectivity index (χ2v) is 5.08. The highest BCUT2D eigenvalue weighted by Crippen LogP contribution is 2.31. The molecular weight excluding hydrogens is 256 g/mol. The summed E-state index contributed by atoms with van der Waals surface area (Å²) in [6, 6.07) is 9.89. The second-order valence-electron chi connectivity index (χ2n) is 3.66. The van der Waals surface area contributed by atoms with Gasteiger partial charge in [-0.15, -0.1) is 21.8 Å². The van der Waals surface area contributed by atoms with E-state index in [1.54, 1.807) is 4.52 Å². The molecule has 6 heteroatoms. The Morgan fingerprint density at radius 3 is 2.71 bits per heavy atom. The third-order valence-corrected chi connectivity index (χ3v) is 4.02. The fraction of sp³-hybridized carbons (Fsp3) is 0.182. The molecule has 0 saturated carbocycles. The fourth-order valence-corrected chi connectivity index (χ4v) is 2.81. The number of rotatable bonds is 2. The van der Waals surface area contributed by atoms with Crippen LogP contribution in [0.2, 0.25) is 0 Å². The van der Waals surface area contributed by atoms with Gasteiger partial charge in [-0.05, 0) is 12.5 Å². The van der Waals surface area contributed by atoms with Gasteiger partial charge in [0.1, 0.15) is 10.4 Å². The summed E-state index contributed by atoms with van der Waals surface area (Å²) in [6.07, 6.45) is 0. The van der Waals surface area contributed by atoms with E-state index >= 15 is 0 Å². The molecule has 0 N–H and O–H groups in total. The van der Waals surface area contributed by atoms with Gasteiger partial charge in [-0.1, -0.05) is 41.7 Å². The van der Waals surface area contributed by atoms with Crippen LogP contribution in [0.25, 0.3) is 4.96 Å². The van der Waals surface area contributed by atoms with Gasteiger partial charge in [0, 0.05) is 0 Å². The SMILES string of the molecule is Cc1nnc2sc(C(Cl)c3ccccc3)nn12. The average Bonchev–Trinajstić information content (AvgIpc) is 2.92. The molecule has 1 unspecified atom stereocenters. The lowest BCUT2D eigenvalue weighted by molar-refractivity contribution is 0.858. The van der Waals surface area contributed by atoms with Crippen LogP contribution in [-0.2, 0) is 0 Å². The zero-order valence-electron chi connectivity index (χ0n) is 9.04. The van der Waals surface area contributed by atoms with Crippen LogP contribution in [0.5, 0.6) is 0 Å². The fourth-order valence-electron chi connectivity index (χ4n) is 1.60. The predicted octanol–water partition coefficient (Wildman–Crippen LogP) is 2.82. The summed E-state index contributed by atoms with van der Waals surface area (Å²) < 4.78 is 1.72. The Labute approximate surface area is 107 Å². The average molecular weight is 265 g/mol. The van der Waals surface area contributed by atoms with E-state index in [2.05, 4.69) is 15.3 Å². The number of hydrogen-bond donors (Lipinski definition) is 0. The van der Waals surface area contributed by atoms with E-state index in [9.17, 15) is 0 Å². The molecule has 1 aromatic carbocycles. The van der Waals surface area contributed by atoms with E-state index in [0.717, 1.165) is 21.4 Å². The molecule has 0 radical (unpaired) electrons. The van der Waals surface area contributed by atoms with Gasteiger partial charge in [0.05, 0.1) is 0 Å². The number of aryl methyl sites for hydroxylation is 1. The van der Waals surface area contributed by atoms with Crippen LogP contribution in [0, 0.1) is 6.92 Å². The summed E-state index contributed by atoms with van der Waals surface area (Å²) in [4.78, 5) is 0.777. The van der Waals surface area contributed by atoms with E-state index < -0.39 is 0 Å². The summed E-state index contributed by atoms with van der Waals surface area (Å²) >= 11 is 7.87. The van der Waals surface area contributed by atoms with Gasteiger partial charge in [0.2, 0.25) is 4.96 Å². The van der Waals surface area contributed by atoms with Gasteiger partial charge < -0.3 is 0 Å². The molecule has 17 heavy (non-hydrogen) atoms. The van der Waals surface area contributed by atoms with E-state index in [0.29, 0.717) is 0 Å². The molecule has 0 aliphatic carbocycles. The lowest BCUT2D eigenvalue weighted by Gasteiger charge is -2.04. The van der Waals surface area contributed by atoms with Gasteiger partial charge in [-0.25, -0.2) is 0 Å². The smallest absolute Gasteiger partial charge is 0.187 e. The molecule has 3 aromatic rings. The standard InChI is InChI=1S/C11H9ClN4S/c1-7-13-14-11-16(7)15-10(17-11)9(12)8-5-3-2-4-6-8/h2-6,9H,1H3. The van der Waals surface area contributed by atoms with E-state index in [-0.39, 0.29) is 5.38 Å². The van der Waals surface area contributed by atoms with Crippen molar-refractivity contribution in [3.05, 3.63) is 46.7 Å². The quantitative estimate of drug-likeness (QED) is 0.669. The van der Waals surface area contributed by atoms with Crippen molar-refractivity contribution < 1.29 is 0 Å². The maximum atomic E-state index is 6.40. The first kappa shape index (κ1) is 10.7. The van der Waals surface area contributed by atoms with Crippen LogP contribution in [0.15, 0.2) is 30.3 Å². The second kappa shape index (κ2) is 4.09. The molecule has 3 rings (SSSR count). The number of aromatic nitrogens is 4. The summed E-state index contributed by atoms with van der Waals surface area (Å²) in [5.74, 6) is 0.777. The molecule has 0 aliphatic rings. The first-order chi connectivity index (χ1) is 8.25. The highest BCUT2D eigenvalue weighted by Gasteiger charge is 2.17. The molecule has 0 amide bonds. The summed E-state index contributed by atoms with van der Waals surface area (Å²) in [6.45, 7) is 1.87. The van der Waals surface area contributed by atoms with Gasteiger partial charge in [0.25, 0.3) is 0 Å². The summed E-state index contributed by atoms with van der Waals surface area (Å²) in [5.41, 5.74) is 1.04. The summed E-state index contributed by atoms with van der Waals surface area (Å²) in [5, 5.41) is 13.0. The van der Waals surface area contributed by atoms with Crippen molar-refractivity contribution in [3.8, 4) is 0 Å². The Kier molecular flexibility index (Phi) is 2.57. The molecule has 2 heterocycles. The lowest BCUT2D eigenvalue weighted by Crippen LogP contribution is -1.95. The van der Waals surface area contributed by atoms with Gasteiger partial charge in [0.15, 0.2) is 5.82 Å². The van der Waals surface area contributed by atoms with Gasteiger partial charge in [-0.2, -0.15) is 9.61 Å². The zero-order valence-corrected chi connectivity index (χ0v) is 10.6.